The van der Waals surface area contributed by atoms with Crippen LogP contribution in [0, 0.1) is 0 Å². The van der Waals surface area contributed by atoms with Gasteiger partial charge in [0, 0.05) is 6.42 Å². The van der Waals surface area contributed by atoms with Crippen molar-refractivity contribution in [1.29, 1.82) is 0 Å². The minimum Gasteiger partial charge on any atom is -0.462 e. The number of amides is 1. The molecule has 0 aliphatic rings. The number of esters is 1. The van der Waals surface area contributed by atoms with Crippen molar-refractivity contribution in [3.8, 4) is 0 Å². The van der Waals surface area contributed by atoms with Gasteiger partial charge in [0.15, 0.2) is 0 Å². The predicted octanol–water partition coefficient (Wildman–Crippen LogP) is 16.2. The second kappa shape index (κ2) is 50.3. The van der Waals surface area contributed by atoms with E-state index in [0.29, 0.717) is 19.3 Å². The van der Waals surface area contributed by atoms with Gasteiger partial charge in [-0.05, 0) is 96.3 Å². The number of aliphatic hydroxyl groups is 2. The monoisotopic (exact) mass is 880 g/mol. The minimum atomic E-state index is -0.798. The highest BCUT2D eigenvalue weighted by molar-refractivity contribution is 5.77. The van der Waals surface area contributed by atoms with E-state index < -0.39 is 18.2 Å². The molecule has 0 aromatic carbocycles. The topological polar surface area (TPSA) is 95.9 Å². The quantitative estimate of drug-likeness (QED) is 0.0321. The lowest BCUT2D eigenvalue weighted by Gasteiger charge is -2.24. The molecule has 0 rings (SSSR count). The molecule has 364 valence electrons. The molecule has 0 heterocycles. The summed E-state index contributed by atoms with van der Waals surface area (Å²) in [6.45, 7) is 6.33. The third kappa shape index (κ3) is 45.7. The lowest BCUT2D eigenvalue weighted by atomic mass is 10.0. The third-order valence-corrected chi connectivity index (χ3v) is 11.8. The summed E-state index contributed by atoms with van der Waals surface area (Å²) in [5.74, 6) is -0.510. The molecule has 0 aromatic heterocycles. The number of unbranched alkanes of at least 4 members (excludes halogenated alkanes) is 23. The molecule has 0 bridgehead atoms. The lowest BCUT2D eigenvalue weighted by molar-refractivity contribution is -0.151. The van der Waals surface area contributed by atoms with Crippen LogP contribution in [0.4, 0.5) is 0 Å². The normalized spacial score (nSPS) is 13.8. The van der Waals surface area contributed by atoms with Crippen molar-refractivity contribution in [2.45, 2.75) is 270 Å². The Morgan fingerprint density at radius 2 is 0.857 bits per heavy atom. The highest BCUT2D eigenvalue weighted by atomic mass is 16.5. The summed E-state index contributed by atoms with van der Waals surface area (Å²) in [5, 5.41) is 23.8. The Kier molecular flexibility index (Phi) is 48.1. The van der Waals surface area contributed by atoms with Gasteiger partial charge in [0.25, 0.3) is 0 Å². The van der Waals surface area contributed by atoms with E-state index in [2.05, 4.69) is 99.0 Å². The fourth-order valence-electron chi connectivity index (χ4n) is 7.75. The van der Waals surface area contributed by atoms with Gasteiger partial charge < -0.3 is 20.3 Å². The molecule has 0 aliphatic carbocycles. The molecular weight excluding hydrogens is 779 g/mol. The van der Waals surface area contributed by atoms with Crippen LogP contribution >= 0.6 is 0 Å². The summed E-state index contributed by atoms with van der Waals surface area (Å²) in [7, 11) is 0. The molecule has 0 saturated carbocycles. The van der Waals surface area contributed by atoms with Crippen LogP contribution in [0.15, 0.2) is 72.9 Å². The first-order chi connectivity index (χ1) is 31.0. The van der Waals surface area contributed by atoms with Gasteiger partial charge in [-0.25, -0.2) is 0 Å². The zero-order valence-corrected chi connectivity index (χ0v) is 41.4. The SMILES string of the molecule is CC/C=C/C/C=C/C/C=C/CCCCCCCCC(=O)OC(CCCCCC/C=C\C/C=C\C/C=C\CCCCC)CC(=O)NC(CO)C(O)CCCCCCCCCCCCC. The first-order valence-corrected chi connectivity index (χ1v) is 26.7. The van der Waals surface area contributed by atoms with Crippen LogP contribution in [0.2, 0.25) is 0 Å². The Morgan fingerprint density at radius 1 is 0.476 bits per heavy atom. The number of hydrogen-bond acceptors (Lipinski definition) is 5. The Balaban J connectivity index is 4.66. The van der Waals surface area contributed by atoms with Gasteiger partial charge in [-0.2, -0.15) is 0 Å². The summed E-state index contributed by atoms with van der Waals surface area (Å²) in [4.78, 5) is 26.2. The molecule has 0 aromatic rings. The van der Waals surface area contributed by atoms with Crippen molar-refractivity contribution in [2.75, 3.05) is 6.61 Å². The van der Waals surface area contributed by atoms with Crippen LogP contribution in [-0.2, 0) is 14.3 Å². The second-order valence-electron chi connectivity index (χ2n) is 17.9. The highest BCUT2D eigenvalue weighted by Gasteiger charge is 2.24. The Labute approximate surface area is 390 Å². The third-order valence-electron chi connectivity index (χ3n) is 11.8. The van der Waals surface area contributed by atoms with Crippen molar-refractivity contribution in [2.24, 2.45) is 0 Å². The van der Waals surface area contributed by atoms with Crippen LogP contribution in [0.5, 0.6) is 0 Å². The average Bonchev–Trinajstić information content (AvgIpc) is 3.28. The van der Waals surface area contributed by atoms with Gasteiger partial charge in [0.1, 0.15) is 6.10 Å². The van der Waals surface area contributed by atoms with E-state index in [1.165, 1.54) is 96.3 Å². The smallest absolute Gasteiger partial charge is 0.306 e. The lowest BCUT2D eigenvalue weighted by Crippen LogP contribution is -2.46. The minimum absolute atomic E-state index is 0.0549. The molecule has 6 nitrogen and oxygen atoms in total. The Morgan fingerprint density at radius 3 is 1.33 bits per heavy atom. The molecule has 0 aliphatic heterocycles. The molecular formula is C57H101NO5. The zero-order valence-electron chi connectivity index (χ0n) is 41.4. The maximum atomic E-state index is 13.2. The number of ether oxygens (including phenoxy) is 1. The highest BCUT2D eigenvalue weighted by Crippen LogP contribution is 2.17. The number of nitrogens with one attached hydrogen (secondary N) is 1. The second-order valence-corrected chi connectivity index (χ2v) is 17.9. The first-order valence-electron chi connectivity index (χ1n) is 26.7. The van der Waals surface area contributed by atoms with E-state index in [9.17, 15) is 19.8 Å². The zero-order chi connectivity index (χ0) is 45.9. The standard InChI is InChI=1S/C57H101NO5/c1-4-7-10-13-16-19-22-24-26-28-29-31-34-36-39-42-45-48-53(63-57(62)50-47-44-41-38-35-32-30-27-25-23-20-17-14-11-8-5-2)51-56(61)58-54(52-59)55(60)49-46-43-40-37-33-21-18-15-12-9-6-3/h8,11,16-17,19-20,24-27,29,31,53-55,59-60H,4-7,9-10,12-15,18,21-23,28,30,32-52H2,1-3H3,(H,58,61)/b11-8+,19-16-,20-17+,26-24-,27-25+,31-29-. The van der Waals surface area contributed by atoms with Crippen molar-refractivity contribution in [3.05, 3.63) is 72.9 Å². The summed E-state index contributed by atoms with van der Waals surface area (Å²) in [6, 6.07) is -0.714. The first kappa shape index (κ1) is 60.3. The molecule has 0 spiro atoms. The largest absolute Gasteiger partial charge is 0.462 e. The number of carbonyl (C=O) groups excluding carboxylic acids is 2. The van der Waals surface area contributed by atoms with Crippen molar-refractivity contribution in [3.63, 3.8) is 0 Å². The fourth-order valence-corrected chi connectivity index (χ4v) is 7.75. The number of hydrogen-bond donors (Lipinski definition) is 3. The fraction of sp³-hybridized carbons (Fsp3) is 0.754. The van der Waals surface area contributed by atoms with Crippen LogP contribution in [0.3, 0.4) is 0 Å². The van der Waals surface area contributed by atoms with E-state index in [-0.39, 0.29) is 24.9 Å². The van der Waals surface area contributed by atoms with Crippen LogP contribution in [0.1, 0.15) is 252 Å². The number of carbonyl (C=O) groups is 2. The van der Waals surface area contributed by atoms with Gasteiger partial charge in [0.2, 0.25) is 5.91 Å². The molecule has 0 saturated heterocycles. The van der Waals surface area contributed by atoms with Gasteiger partial charge in [-0.15, -0.1) is 0 Å². The average molecular weight is 880 g/mol. The molecule has 1 amide bonds. The van der Waals surface area contributed by atoms with Crippen LogP contribution in [0.25, 0.3) is 0 Å². The summed E-state index contributed by atoms with van der Waals surface area (Å²) >= 11 is 0. The molecule has 6 heteroatoms. The Bertz CT molecular complexity index is 1170. The van der Waals surface area contributed by atoms with Gasteiger partial charge >= 0.3 is 5.97 Å². The molecule has 0 fully saturated rings. The van der Waals surface area contributed by atoms with Crippen molar-refractivity contribution < 1.29 is 24.5 Å². The van der Waals surface area contributed by atoms with E-state index >= 15 is 0 Å². The van der Waals surface area contributed by atoms with E-state index in [1.807, 2.05) is 0 Å². The van der Waals surface area contributed by atoms with E-state index in [0.717, 1.165) is 109 Å². The Hall–Kier alpha value is -2.70. The summed E-state index contributed by atoms with van der Waals surface area (Å²) < 4.78 is 5.93. The maximum absolute atomic E-state index is 13.2. The van der Waals surface area contributed by atoms with E-state index in [1.54, 1.807) is 0 Å². The molecule has 63 heavy (non-hydrogen) atoms. The van der Waals surface area contributed by atoms with Crippen molar-refractivity contribution in [1.82, 2.24) is 5.32 Å². The number of aliphatic hydroxyl groups excluding tert-OH is 2. The summed E-state index contributed by atoms with van der Waals surface area (Å²) in [6.07, 6.45) is 63.8. The van der Waals surface area contributed by atoms with Gasteiger partial charge in [0.05, 0.1) is 25.2 Å². The van der Waals surface area contributed by atoms with Crippen LogP contribution in [-0.4, -0.2) is 46.9 Å². The number of allylic oxidation sites excluding steroid dienone is 12. The van der Waals surface area contributed by atoms with Gasteiger partial charge in [-0.1, -0.05) is 216 Å². The molecule has 3 unspecified atom stereocenters. The maximum Gasteiger partial charge on any atom is 0.306 e. The summed E-state index contributed by atoms with van der Waals surface area (Å²) in [5.41, 5.74) is 0. The predicted molar refractivity (Wildman–Crippen MR) is 273 cm³/mol. The number of rotatable bonds is 47. The van der Waals surface area contributed by atoms with Gasteiger partial charge in [-0.3, -0.25) is 9.59 Å². The molecule has 3 N–H and O–H groups in total. The van der Waals surface area contributed by atoms with Crippen molar-refractivity contribution >= 4 is 11.9 Å². The van der Waals surface area contributed by atoms with E-state index in [4.69, 9.17) is 4.74 Å². The van der Waals surface area contributed by atoms with Crippen LogP contribution < -0.4 is 5.32 Å². The molecule has 3 atom stereocenters. The molecule has 0 radical (unpaired) electrons.